The van der Waals surface area contributed by atoms with Gasteiger partial charge in [0, 0.05) is 37.4 Å². The van der Waals surface area contributed by atoms with Crippen molar-refractivity contribution < 1.29 is 17.9 Å². The SMILES string of the molecule is CCOC(=O)c1sc2ccc(S(=O)(=O)N(CCc3ccccc3)c3ccccc3N3CCNCC3)cc2c1C. The van der Waals surface area contributed by atoms with E-state index in [-0.39, 0.29) is 17.5 Å². The van der Waals surface area contributed by atoms with Crippen molar-refractivity contribution in [2.24, 2.45) is 0 Å². The number of carbonyl (C=O) groups excluding carboxylic acids is 1. The van der Waals surface area contributed by atoms with Crippen LogP contribution >= 0.6 is 11.3 Å². The molecule has 0 aliphatic carbocycles. The van der Waals surface area contributed by atoms with E-state index >= 15 is 0 Å². The molecule has 1 N–H and O–H groups in total. The molecule has 39 heavy (non-hydrogen) atoms. The molecule has 1 aromatic heterocycles. The van der Waals surface area contributed by atoms with Crippen LogP contribution in [0.25, 0.3) is 10.1 Å². The van der Waals surface area contributed by atoms with Crippen molar-refractivity contribution >= 4 is 48.8 Å². The number of nitrogens with zero attached hydrogens (tertiary/aromatic N) is 2. The minimum Gasteiger partial charge on any atom is -0.462 e. The third kappa shape index (κ3) is 5.66. The second-order valence-corrected chi connectivity index (χ2v) is 12.4. The second kappa shape index (κ2) is 11.8. The minimum atomic E-state index is -3.94. The highest BCUT2D eigenvalue weighted by Crippen LogP contribution is 2.37. The molecule has 1 fully saturated rings. The molecule has 0 unspecified atom stereocenters. The highest BCUT2D eigenvalue weighted by molar-refractivity contribution is 7.92. The number of benzene rings is 3. The summed E-state index contributed by atoms with van der Waals surface area (Å²) < 4.78 is 36.4. The van der Waals surface area contributed by atoms with Crippen LogP contribution in [0.3, 0.4) is 0 Å². The maximum atomic E-state index is 14.4. The maximum absolute atomic E-state index is 14.4. The van der Waals surface area contributed by atoms with Crippen LogP contribution in [-0.4, -0.2) is 53.7 Å². The Kier molecular flexibility index (Phi) is 8.20. The molecule has 0 radical (unpaired) electrons. The molecule has 9 heteroatoms. The molecular weight excluding hydrogens is 530 g/mol. The summed E-state index contributed by atoms with van der Waals surface area (Å²) in [6.07, 6.45) is 0.572. The summed E-state index contributed by atoms with van der Waals surface area (Å²) in [6.45, 7) is 7.51. The number of fused-ring (bicyclic) bond motifs is 1. The van der Waals surface area contributed by atoms with Crippen LogP contribution < -0.4 is 14.5 Å². The molecule has 4 aromatic rings. The van der Waals surface area contributed by atoms with Crippen LogP contribution in [0.1, 0.15) is 27.7 Å². The normalized spacial score (nSPS) is 13.9. The van der Waals surface area contributed by atoms with Crippen LogP contribution in [0, 0.1) is 6.92 Å². The lowest BCUT2D eigenvalue weighted by molar-refractivity contribution is 0.0531. The van der Waals surface area contributed by atoms with E-state index < -0.39 is 10.0 Å². The average Bonchev–Trinajstić information content (AvgIpc) is 3.30. The summed E-state index contributed by atoms with van der Waals surface area (Å²) in [7, 11) is -3.94. The summed E-state index contributed by atoms with van der Waals surface area (Å²) >= 11 is 1.33. The molecule has 0 bridgehead atoms. The fourth-order valence-corrected chi connectivity index (χ4v) is 7.56. The van der Waals surface area contributed by atoms with E-state index in [0.717, 1.165) is 53.1 Å². The number of para-hydroxylation sites is 2. The molecule has 0 spiro atoms. The zero-order valence-electron chi connectivity index (χ0n) is 22.2. The molecule has 3 aromatic carbocycles. The Balaban J connectivity index is 1.58. The summed E-state index contributed by atoms with van der Waals surface area (Å²) in [5, 5.41) is 4.12. The van der Waals surface area contributed by atoms with Crippen molar-refractivity contribution in [2.75, 3.05) is 48.5 Å². The summed E-state index contributed by atoms with van der Waals surface area (Å²) in [5.74, 6) is -0.380. The number of anilines is 2. The summed E-state index contributed by atoms with van der Waals surface area (Å²) in [5.41, 5.74) is 3.39. The van der Waals surface area contributed by atoms with Gasteiger partial charge in [0.1, 0.15) is 4.88 Å². The van der Waals surface area contributed by atoms with Crippen molar-refractivity contribution in [3.8, 4) is 0 Å². The number of sulfonamides is 1. The van der Waals surface area contributed by atoms with Gasteiger partial charge in [0.15, 0.2) is 0 Å². The van der Waals surface area contributed by atoms with Gasteiger partial charge in [-0.1, -0.05) is 42.5 Å². The largest absolute Gasteiger partial charge is 0.462 e. The molecular formula is C30H33N3O4S2. The lowest BCUT2D eigenvalue weighted by Crippen LogP contribution is -2.44. The predicted molar refractivity (Wildman–Crippen MR) is 159 cm³/mol. The van der Waals surface area contributed by atoms with Crippen LogP contribution in [-0.2, 0) is 21.2 Å². The van der Waals surface area contributed by atoms with E-state index in [1.165, 1.54) is 11.3 Å². The van der Waals surface area contributed by atoms with Gasteiger partial charge >= 0.3 is 5.97 Å². The van der Waals surface area contributed by atoms with Gasteiger partial charge in [0.05, 0.1) is 22.9 Å². The van der Waals surface area contributed by atoms with Crippen molar-refractivity contribution in [2.45, 2.75) is 25.2 Å². The fraction of sp³-hybridized carbons (Fsp3) is 0.300. The quantitative estimate of drug-likeness (QED) is 0.281. The van der Waals surface area contributed by atoms with Crippen molar-refractivity contribution in [3.05, 3.63) is 88.8 Å². The smallest absolute Gasteiger partial charge is 0.348 e. The van der Waals surface area contributed by atoms with Gasteiger partial charge < -0.3 is 15.0 Å². The van der Waals surface area contributed by atoms with E-state index in [2.05, 4.69) is 10.2 Å². The Hall–Kier alpha value is -3.40. The van der Waals surface area contributed by atoms with Crippen LogP contribution in [0.4, 0.5) is 11.4 Å². The number of aryl methyl sites for hydroxylation is 1. The van der Waals surface area contributed by atoms with Crippen LogP contribution in [0.2, 0.25) is 0 Å². The van der Waals surface area contributed by atoms with Gasteiger partial charge in [-0.05, 0) is 67.1 Å². The Morgan fingerprint density at radius 1 is 1.03 bits per heavy atom. The molecule has 7 nitrogen and oxygen atoms in total. The first kappa shape index (κ1) is 27.2. The van der Waals surface area contributed by atoms with E-state index in [1.807, 2.05) is 61.5 Å². The zero-order valence-corrected chi connectivity index (χ0v) is 23.9. The zero-order chi connectivity index (χ0) is 27.4. The second-order valence-electron chi connectivity index (χ2n) is 9.47. The predicted octanol–water partition coefficient (Wildman–Crippen LogP) is 5.23. The lowest BCUT2D eigenvalue weighted by Gasteiger charge is -2.34. The number of thiophene rings is 1. The van der Waals surface area contributed by atoms with E-state index in [9.17, 15) is 13.2 Å². The minimum absolute atomic E-state index is 0.203. The fourth-order valence-electron chi connectivity index (χ4n) is 4.97. The number of nitrogens with one attached hydrogen (secondary N) is 1. The highest BCUT2D eigenvalue weighted by atomic mass is 32.2. The Labute approximate surface area is 234 Å². The third-order valence-electron chi connectivity index (χ3n) is 7.01. The first-order valence-electron chi connectivity index (χ1n) is 13.2. The van der Waals surface area contributed by atoms with E-state index in [1.54, 1.807) is 29.4 Å². The maximum Gasteiger partial charge on any atom is 0.348 e. The number of hydrogen-bond donors (Lipinski definition) is 1. The van der Waals surface area contributed by atoms with Crippen LogP contribution in [0.5, 0.6) is 0 Å². The van der Waals surface area contributed by atoms with Gasteiger partial charge in [-0.25, -0.2) is 13.2 Å². The number of rotatable bonds is 9. The highest BCUT2D eigenvalue weighted by Gasteiger charge is 2.29. The van der Waals surface area contributed by atoms with Gasteiger partial charge in [-0.15, -0.1) is 11.3 Å². The lowest BCUT2D eigenvalue weighted by atomic mass is 10.1. The monoisotopic (exact) mass is 563 g/mol. The summed E-state index contributed by atoms with van der Waals surface area (Å²) in [6, 6.07) is 22.8. The molecule has 0 atom stereocenters. The Morgan fingerprint density at radius 3 is 2.49 bits per heavy atom. The molecule has 1 aliphatic heterocycles. The standard InChI is InChI=1S/C30H33N3O4S2/c1-3-37-30(34)29-22(2)25-21-24(13-14-28(25)38-29)39(35,36)33(18-15-23-9-5-4-6-10-23)27-12-8-7-11-26(27)32-19-16-31-17-20-32/h4-14,21,31H,3,15-20H2,1-2H3. The number of piperazine rings is 1. The molecule has 0 amide bonds. The molecule has 204 valence electrons. The number of ether oxygens (including phenoxy) is 1. The Morgan fingerprint density at radius 2 is 1.74 bits per heavy atom. The van der Waals surface area contributed by atoms with E-state index in [4.69, 9.17) is 4.74 Å². The molecule has 0 saturated carbocycles. The molecule has 2 heterocycles. The molecule has 1 saturated heterocycles. The van der Waals surface area contributed by atoms with Crippen LogP contribution in [0.15, 0.2) is 77.7 Å². The molecule has 5 rings (SSSR count). The Bertz CT molecular complexity index is 1560. The van der Waals surface area contributed by atoms with Crippen molar-refractivity contribution in [1.82, 2.24) is 5.32 Å². The number of esters is 1. The van der Waals surface area contributed by atoms with Gasteiger partial charge in [-0.2, -0.15) is 0 Å². The van der Waals surface area contributed by atoms with E-state index in [0.29, 0.717) is 23.5 Å². The molecule has 1 aliphatic rings. The topological polar surface area (TPSA) is 79.0 Å². The average molecular weight is 564 g/mol. The van der Waals surface area contributed by atoms with Gasteiger partial charge in [0.2, 0.25) is 0 Å². The summed E-state index contributed by atoms with van der Waals surface area (Å²) in [4.78, 5) is 15.4. The third-order valence-corrected chi connectivity index (χ3v) is 10.1. The van der Waals surface area contributed by atoms with Gasteiger partial charge in [0.25, 0.3) is 10.0 Å². The number of carbonyl (C=O) groups is 1. The first-order valence-corrected chi connectivity index (χ1v) is 15.5. The van der Waals surface area contributed by atoms with Crippen molar-refractivity contribution in [1.29, 1.82) is 0 Å². The number of hydrogen-bond acceptors (Lipinski definition) is 7. The van der Waals surface area contributed by atoms with Crippen molar-refractivity contribution in [3.63, 3.8) is 0 Å². The van der Waals surface area contributed by atoms with Gasteiger partial charge in [-0.3, -0.25) is 4.31 Å². The first-order chi connectivity index (χ1) is 18.9.